The van der Waals surface area contributed by atoms with Crippen LogP contribution in [0.5, 0.6) is 5.75 Å². The number of hydrogen-bond acceptors (Lipinski definition) is 6. The van der Waals surface area contributed by atoms with Crippen LogP contribution in [0, 0.1) is 0 Å². The minimum Gasteiger partial charge on any atom is -0.379 e. The van der Waals surface area contributed by atoms with Gasteiger partial charge >= 0.3 is 10.1 Å². The maximum Gasteiger partial charge on any atom is 0.339 e. The molecule has 0 bridgehead atoms. The molecule has 118 valence electrons. The van der Waals surface area contributed by atoms with Crippen molar-refractivity contribution in [2.24, 2.45) is 0 Å². The molecule has 0 saturated carbocycles. The van der Waals surface area contributed by atoms with Gasteiger partial charge in [-0.3, -0.25) is 0 Å². The summed E-state index contributed by atoms with van der Waals surface area (Å²) in [6.45, 7) is 0. The Labute approximate surface area is 141 Å². The number of rotatable bonds is 4. The van der Waals surface area contributed by atoms with Crippen LogP contribution in [0.1, 0.15) is 0 Å². The van der Waals surface area contributed by atoms with E-state index in [-0.39, 0.29) is 20.7 Å². The fourth-order valence-electron chi connectivity index (χ4n) is 1.81. The highest BCUT2D eigenvalue weighted by molar-refractivity contribution is 7.87. The van der Waals surface area contributed by atoms with Gasteiger partial charge < -0.3 is 4.18 Å². The topological polar surface area (TPSA) is 87.0 Å². The largest absolute Gasteiger partial charge is 0.379 e. The smallest absolute Gasteiger partial charge is 0.339 e. The summed E-state index contributed by atoms with van der Waals surface area (Å²) >= 11 is 11.6. The van der Waals surface area contributed by atoms with Crippen molar-refractivity contribution in [2.45, 2.75) is 4.90 Å². The molecule has 0 atom stereocenters. The molecule has 23 heavy (non-hydrogen) atoms. The summed E-state index contributed by atoms with van der Waals surface area (Å²) in [6, 6.07) is 10.2. The van der Waals surface area contributed by atoms with Crippen LogP contribution in [0.15, 0.2) is 53.7 Å². The van der Waals surface area contributed by atoms with E-state index < -0.39 is 10.1 Å². The Morgan fingerprint density at radius 1 is 1.04 bits per heavy atom. The average molecular weight is 371 g/mol. The predicted octanol–water partition coefficient (Wildman–Crippen LogP) is 2.74. The average Bonchev–Trinajstić information content (AvgIpc) is 3.00. The number of tetrazole rings is 1. The molecule has 0 amide bonds. The van der Waals surface area contributed by atoms with E-state index in [1.165, 1.54) is 41.3 Å². The maximum absolute atomic E-state index is 12.3. The molecule has 0 N–H and O–H groups in total. The van der Waals surface area contributed by atoms with Gasteiger partial charge in [0.05, 0.1) is 5.69 Å². The molecule has 2 aromatic carbocycles. The zero-order valence-electron chi connectivity index (χ0n) is 11.3. The quantitative estimate of drug-likeness (QED) is 0.656. The first-order chi connectivity index (χ1) is 10.9. The second-order valence-electron chi connectivity index (χ2n) is 4.39. The van der Waals surface area contributed by atoms with Gasteiger partial charge in [0.1, 0.15) is 17.0 Å². The van der Waals surface area contributed by atoms with Crippen molar-refractivity contribution < 1.29 is 12.6 Å². The first-order valence-corrected chi connectivity index (χ1v) is 8.34. The van der Waals surface area contributed by atoms with Gasteiger partial charge in [-0.15, -0.1) is 5.10 Å². The molecule has 0 radical (unpaired) electrons. The molecule has 10 heteroatoms. The molecule has 0 spiro atoms. The second kappa shape index (κ2) is 6.15. The van der Waals surface area contributed by atoms with Gasteiger partial charge in [0, 0.05) is 16.1 Å². The summed E-state index contributed by atoms with van der Waals surface area (Å²) in [5.41, 5.74) is 0.548. The fraction of sp³-hybridized carbons (Fsp3) is 0. The van der Waals surface area contributed by atoms with Crippen molar-refractivity contribution in [2.75, 3.05) is 0 Å². The molecular weight excluding hydrogens is 363 g/mol. The maximum atomic E-state index is 12.3. The Morgan fingerprint density at radius 2 is 1.78 bits per heavy atom. The molecule has 0 fully saturated rings. The summed E-state index contributed by atoms with van der Waals surface area (Å²) < 4.78 is 31.1. The Hall–Kier alpha value is -2.16. The molecule has 0 aliphatic heterocycles. The van der Waals surface area contributed by atoms with E-state index in [1.54, 1.807) is 12.1 Å². The van der Waals surface area contributed by atoms with E-state index in [0.717, 1.165) is 0 Å². The highest BCUT2D eigenvalue weighted by Crippen LogP contribution is 2.26. The lowest BCUT2D eigenvalue weighted by molar-refractivity contribution is 0.486. The van der Waals surface area contributed by atoms with Crippen molar-refractivity contribution in [3.05, 3.63) is 58.8 Å². The van der Waals surface area contributed by atoms with E-state index in [1.807, 2.05) is 0 Å². The van der Waals surface area contributed by atoms with Crippen LogP contribution < -0.4 is 4.18 Å². The zero-order chi connectivity index (χ0) is 16.4. The lowest BCUT2D eigenvalue weighted by atomic mass is 10.3. The van der Waals surface area contributed by atoms with Crippen LogP contribution in [-0.2, 0) is 10.1 Å². The highest BCUT2D eigenvalue weighted by Gasteiger charge is 2.18. The summed E-state index contributed by atoms with van der Waals surface area (Å²) in [7, 11) is -4.07. The molecule has 1 aromatic heterocycles. The van der Waals surface area contributed by atoms with E-state index in [2.05, 4.69) is 15.5 Å². The monoisotopic (exact) mass is 370 g/mol. The van der Waals surface area contributed by atoms with Crippen LogP contribution in [0.3, 0.4) is 0 Å². The molecule has 0 saturated heterocycles. The van der Waals surface area contributed by atoms with Crippen molar-refractivity contribution in [1.29, 1.82) is 0 Å². The number of nitrogens with zero attached hydrogens (tertiary/aromatic N) is 4. The Bertz CT molecular complexity index is 925. The third-order valence-corrected chi connectivity index (χ3v) is 4.42. The summed E-state index contributed by atoms with van der Waals surface area (Å²) in [6.07, 6.45) is 1.38. The van der Waals surface area contributed by atoms with Crippen LogP contribution in [0.4, 0.5) is 0 Å². The molecule has 7 nitrogen and oxygen atoms in total. The zero-order valence-corrected chi connectivity index (χ0v) is 13.6. The van der Waals surface area contributed by atoms with Gasteiger partial charge in [0.2, 0.25) is 0 Å². The molecule has 3 aromatic rings. The minimum absolute atomic E-state index is 0.106. The molecule has 3 rings (SSSR count). The number of halogens is 2. The summed E-state index contributed by atoms with van der Waals surface area (Å²) in [5, 5.41) is 11.1. The van der Waals surface area contributed by atoms with Crippen molar-refractivity contribution in [3.63, 3.8) is 0 Å². The lowest BCUT2D eigenvalue weighted by Gasteiger charge is -2.09. The van der Waals surface area contributed by atoms with E-state index in [9.17, 15) is 8.42 Å². The van der Waals surface area contributed by atoms with Gasteiger partial charge in [-0.25, -0.2) is 4.68 Å². The number of benzene rings is 2. The van der Waals surface area contributed by atoms with Crippen molar-refractivity contribution in [3.8, 4) is 11.4 Å². The lowest BCUT2D eigenvalue weighted by Crippen LogP contribution is -2.10. The first kappa shape index (κ1) is 15.7. The minimum atomic E-state index is -4.07. The molecule has 0 aliphatic carbocycles. The third-order valence-electron chi connectivity index (χ3n) is 2.76. The van der Waals surface area contributed by atoms with E-state index in [0.29, 0.717) is 5.69 Å². The fourth-order valence-corrected chi connectivity index (χ4v) is 3.46. The Kier molecular flexibility index (Phi) is 4.20. The standard InChI is InChI=1S/C13H8Cl2N4O3S/c14-9-4-10(15)6-13(5-9)23(20,21)22-12-3-1-2-11(7-12)19-8-16-17-18-19/h1-8H. The third kappa shape index (κ3) is 3.61. The van der Waals surface area contributed by atoms with Crippen molar-refractivity contribution >= 4 is 33.3 Å². The van der Waals surface area contributed by atoms with Gasteiger partial charge in [0.25, 0.3) is 0 Å². The predicted molar refractivity (Wildman–Crippen MR) is 83.4 cm³/mol. The number of hydrogen-bond donors (Lipinski definition) is 0. The summed E-state index contributed by atoms with van der Waals surface area (Å²) in [4.78, 5) is -0.136. The Balaban J connectivity index is 1.93. The second-order valence-corrected chi connectivity index (χ2v) is 6.81. The molecule has 0 unspecified atom stereocenters. The van der Waals surface area contributed by atoms with Crippen LogP contribution in [-0.4, -0.2) is 28.6 Å². The molecule has 0 aliphatic rings. The first-order valence-electron chi connectivity index (χ1n) is 6.18. The van der Waals surface area contributed by atoms with Gasteiger partial charge in [0.15, 0.2) is 0 Å². The van der Waals surface area contributed by atoms with Gasteiger partial charge in [-0.1, -0.05) is 29.3 Å². The van der Waals surface area contributed by atoms with Crippen LogP contribution in [0.2, 0.25) is 10.0 Å². The normalized spacial score (nSPS) is 11.4. The molecule has 1 heterocycles. The highest BCUT2D eigenvalue weighted by atomic mass is 35.5. The van der Waals surface area contributed by atoms with Crippen molar-refractivity contribution in [1.82, 2.24) is 20.2 Å². The van der Waals surface area contributed by atoms with Gasteiger partial charge in [-0.05, 0) is 40.8 Å². The SMILES string of the molecule is O=S(=O)(Oc1cccc(-n2cnnn2)c1)c1cc(Cl)cc(Cl)c1. The Morgan fingerprint density at radius 3 is 2.43 bits per heavy atom. The van der Waals surface area contributed by atoms with Crippen LogP contribution in [0.25, 0.3) is 5.69 Å². The number of aromatic nitrogens is 4. The van der Waals surface area contributed by atoms with E-state index in [4.69, 9.17) is 27.4 Å². The summed E-state index contributed by atoms with van der Waals surface area (Å²) in [5.74, 6) is 0.106. The van der Waals surface area contributed by atoms with Gasteiger partial charge in [-0.2, -0.15) is 8.42 Å². The van der Waals surface area contributed by atoms with E-state index >= 15 is 0 Å². The van der Waals surface area contributed by atoms with Crippen LogP contribution >= 0.6 is 23.2 Å². The molecular formula is C13H8Cl2N4O3S.